The zero-order valence-electron chi connectivity index (χ0n) is 16.9. The minimum Gasteiger partial charge on any atom is -0.283 e. The van der Waals surface area contributed by atoms with Crippen LogP contribution in [0.4, 0.5) is 4.39 Å². The van der Waals surface area contributed by atoms with Gasteiger partial charge in [0.15, 0.2) is 0 Å². The summed E-state index contributed by atoms with van der Waals surface area (Å²) in [6.45, 7) is 0. The van der Waals surface area contributed by atoms with Gasteiger partial charge in [-0.1, -0.05) is 6.07 Å². The van der Waals surface area contributed by atoms with Crippen LogP contribution in [0.25, 0.3) is 5.69 Å². The fourth-order valence-electron chi connectivity index (χ4n) is 4.56. The summed E-state index contributed by atoms with van der Waals surface area (Å²) in [4.78, 5) is 25.4. The molecule has 2 aliphatic rings. The Hall–Kier alpha value is -2.89. The topological polar surface area (TPSA) is 60.7 Å². The summed E-state index contributed by atoms with van der Waals surface area (Å²) in [5.74, 6) is 2.24. The Kier molecular flexibility index (Phi) is 5.15. The van der Waals surface area contributed by atoms with E-state index in [0.717, 1.165) is 31.5 Å². The van der Waals surface area contributed by atoms with Crippen molar-refractivity contribution in [2.75, 3.05) is 0 Å². The molecule has 2 atom stereocenters. The highest BCUT2D eigenvalue weighted by molar-refractivity contribution is 5.31. The van der Waals surface area contributed by atoms with Gasteiger partial charge in [0.2, 0.25) is 0 Å². The van der Waals surface area contributed by atoms with Crippen molar-refractivity contribution in [2.24, 2.45) is 11.8 Å². The zero-order valence-corrected chi connectivity index (χ0v) is 16.9. The van der Waals surface area contributed by atoms with E-state index in [9.17, 15) is 9.18 Å². The number of nitrogens with zero attached hydrogens (tertiary/aromatic N) is 4. The molecule has 2 aliphatic carbocycles. The molecule has 6 heteroatoms. The predicted octanol–water partition coefficient (Wildman–Crippen LogP) is 4.24. The second-order valence-electron chi connectivity index (χ2n) is 8.69. The summed E-state index contributed by atoms with van der Waals surface area (Å²) in [6, 6.07) is 6.27. The Bertz CT molecular complexity index is 1090. The van der Waals surface area contributed by atoms with Crippen LogP contribution in [0.5, 0.6) is 0 Å². The molecule has 2 fully saturated rings. The van der Waals surface area contributed by atoms with Crippen molar-refractivity contribution >= 4 is 0 Å². The quantitative estimate of drug-likeness (QED) is 0.617. The first kappa shape index (κ1) is 19.1. The molecule has 5 rings (SSSR count). The molecule has 0 N–H and O–H groups in total. The number of hydrogen-bond acceptors (Lipinski definition) is 4. The number of hydrogen-bond donors (Lipinski definition) is 0. The third kappa shape index (κ3) is 4.18. The smallest absolute Gasteiger partial charge is 0.255 e. The van der Waals surface area contributed by atoms with Crippen LogP contribution in [0, 0.1) is 17.7 Å². The molecule has 3 aromatic rings. The predicted molar refractivity (Wildman–Crippen MR) is 112 cm³/mol. The van der Waals surface area contributed by atoms with Gasteiger partial charge in [-0.2, -0.15) is 0 Å². The molecule has 0 aromatic carbocycles. The van der Waals surface area contributed by atoms with E-state index >= 15 is 0 Å². The van der Waals surface area contributed by atoms with E-state index < -0.39 is 0 Å². The normalized spacial score (nSPS) is 21.1. The summed E-state index contributed by atoms with van der Waals surface area (Å²) in [5.41, 5.74) is 2.01. The fourth-order valence-corrected chi connectivity index (χ4v) is 4.56. The van der Waals surface area contributed by atoms with Crippen LogP contribution in [0.2, 0.25) is 0 Å². The van der Waals surface area contributed by atoms with Crippen LogP contribution in [0.15, 0.2) is 53.8 Å². The number of halogens is 1. The van der Waals surface area contributed by atoms with Gasteiger partial charge in [0.25, 0.3) is 5.56 Å². The van der Waals surface area contributed by atoms with E-state index in [1.165, 1.54) is 35.1 Å². The van der Waals surface area contributed by atoms with Crippen molar-refractivity contribution in [3.05, 3.63) is 82.3 Å². The van der Waals surface area contributed by atoms with Crippen LogP contribution in [0.1, 0.15) is 55.1 Å². The van der Waals surface area contributed by atoms with Crippen LogP contribution in [-0.2, 0) is 12.8 Å². The summed E-state index contributed by atoms with van der Waals surface area (Å²) in [6.07, 6.45) is 14.5. The highest BCUT2D eigenvalue weighted by Gasteiger charge is 2.28. The van der Waals surface area contributed by atoms with Crippen molar-refractivity contribution in [3.63, 3.8) is 0 Å². The fraction of sp³-hybridized carbons (Fsp3) is 0.417. The molecule has 3 heterocycles. The highest BCUT2D eigenvalue weighted by atomic mass is 19.1. The molecule has 0 radical (unpaired) electrons. The molecular formula is C24H25FN4O. The second-order valence-corrected chi connectivity index (χ2v) is 8.69. The van der Waals surface area contributed by atoms with Crippen LogP contribution >= 0.6 is 0 Å². The third-order valence-corrected chi connectivity index (χ3v) is 6.38. The molecule has 0 bridgehead atoms. The molecular weight excluding hydrogens is 379 g/mol. The molecule has 5 nitrogen and oxygen atoms in total. The zero-order chi connectivity index (χ0) is 20.5. The van der Waals surface area contributed by atoms with Gasteiger partial charge >= 0.3 is 0 Å². The molecule has 154 valence electrons. The van der Waals surface area contributed by atoms with E-state index in [1.54, 1.807) is 24.5 Å². The molecule has 2 saturated carbocycles. The lowest BCUT2D eigenvalue weighted by Crippen LogP contribution is -2.16. The molecule has 30 heavy (non-hydrogen) atoms. The van der Waals surface area contributed by atoms with E-state index in [4.69, 9.17) is 0 Å². The lowest BCUT2D eigenvalue weighted by atomic mass is 9.97. The number of rotatable bonds is 6. The van der Waals surface area contributed by atoms with Crippen molar-refractivity contribution in [2.45, 2.75) is 50.9 Å². The average molecular weight is 404 g/mol. The van der Waals surface area contributed by atoms with Crippen molar-refractivity contribution in [3.8, 4) is 5.69 Å². The van der Waals surface area contributed by atoms with Gasteiger partial charge in [0, 0.05) is 37.1 Å². The Labute approximate surface area is 175 Å². The summed E-state index contributed by atoms with van der Waals surface area (Å²) >= 11 is 0. The molecule has 0 saturated heterocycles. The molecule has 3 aromatic heterocycles. The van der Waals surface area contributed by atoms with Gasteiger partial charge in [-0.3, -0.25) is 14.3 Å². The van der Waals surface area contributed by atoms with E-state index in [-0.39, 0.29) is 11.4 Å². The van der Waals surface area contributed by atoms with Crippen molar-refractivity contribution in [1.82, 2.24) is 19.5 Å². The first-order chi connectivity index (χ1) is 14.7. The average Bonchev–Trinajstić information content (AvgIpc) is 3.51. The van der Waals surface area contributed by atoms with Crippen molar-refractivity contribution in [1.29, 1.82) is 0 Å². The number of pyridine rings is 2. The monoisotopic (exact) mass is 404 g/mol. The molecule has 0 unspecified atom stereocenters. The third-order valence-electron chi connectivity index (χ3n) is 6.38. The van der Waals surface area contributed by atoms with Gasteiger partial charge in [-0.25, -0.2) is 14.4 Å². The largest absolute Gasteiger partial charge is 0.283 e. The maximum absolute atomic E-state index is 14.7. The first-order valence-electron chi connectivity index (χ1n) is 10.8. The van der Waals surface area contributed by atoms with E-state index in [2.05, 4.69) is 15.0 Å². The molecule has 0 spiro atoms. The standard InChI is InChI=1S/C24H25FN4O/c25-21-12-20(29-8-2-1-3-24(29)30)15-26-22(21)10-16-4-5-17(9-16)11-23-27-13-19(14-28-23)18-6-7-18/h1-3,8,12-18H,4-7,9-11H2/t16-,17-/m0/s1. The van der Waals surface area contributed by atoms with Crippen LogP contribution in [-0.4, -0.2) is 19.5 Å². The summed E-state index contributed by atoms with van der Waals surface area (Å²) < 4.78 is 16.1. The first-order valence-corrected chi connectivity index (χ1v) is 10.8. The molecule has 0 aliphatic heterocycles. The Morgan fingerprint density at radius 3 is 2.43 bits per heavy atom. The maximum Gasteiger partial charge on any atom is 0.255 e. The lowest BCUT2D eigenvalue weighted by molar-refractivity contribution is 0.466. The van der Waals surface area contributed by atoms with E-state index in [0.29, 0.717) is 35.6 Å². The van der Waals surface area contributed by atoms with Gasteiger partial charge in [-0.05, 0) is 67.9 Å². The Morgan fingerprint density at radius 1 is 0.967 bits per heavy atom. The van der Waals surface area contributed by atoms with Gasteiger partial charge in [-0.15, -0.1) is 0 Å². The minimum absolute atomic E-state index is 0.197. The van der Waals surface area contributed by atoms with E-state index in [1.807, 2.05) is 12.4 Å². The van der Waals surface area contributed by atoms with Crippen LogP contribution in [0.3, 0.4) is 0 Å². The number of aromatic nitrogens is 4. The summed E-state index contributed by atoms with van der Waals surface area (Å²) in [7, 11) is 0. The van der Waals surface area contributed by atoms with Crippen molar-refractivity contribution < 1.29 is 4.39 Å². The van der Waals surface area contributed by atoms with Gasteiger partial charge in [0.05, 0.1) is 17.6 Å². The SMILES string of the molecule is O=c1ccccn1-c1cnc(C[C@H]2CC[C@H](Cc3ncc(C4CC4)cn3)C2)c(F)c1. The van der Waals surface area contributed by atoms with Crippen LogP contribution < -0.4 is 5.56 Å². The van der Waals surface area contributed by atoms with Gasteiger partial charge < -0.3 is 0 Å². The molecule has 0 amide bonds. The highest BCUT2D eigenvalue weighted by Crippen LogP contribution is 2.39. The maximum atomic E-state index is 14.7. The lowest BCUT2D eigenvalue weighted by Gasteiger charge is -2.12. The van der Waals surface area contributed by atoms with Gasteiger partial charge in [0.1, 0.15) is 11.6 Å². The minimum atomic E-state index is -0.342. The Morgan fingerprint density at radius 2 is 1.73 bits per heavy atom. The summed E-state index contributed by atoms with van der Waals surface area (Å²) in [5, 5.41) is 0. The Balaban J connectivity index is 1.20. The second kappa shape index (κ2) is 8.09.